The van der Waals surface area contributed by atoms with Crippen molar-refractivity contribution in [3.8, 4) is 5.75 Å². The van der Waals surface area contributed by atoms with Crippen molar-refractivity contribution in [2.75, 3.05) is 19.8 Å². The van der Waals surface area contributed by atoms with E-state index in [2.05, 4.69) is 0 Å². The zero-order chi connectivity index (χ0) is 13.8. The molecular formula is C12H12ClNO5. The van der Waals surface area contributed by atoms with E-state index in [4.69, 9.17) is 21.1 Å². The van der Waals surface area contributed by atoms with Gasteiger partial charge in [-0.05, 0) is 12.5 Å². The van der Waals surface area contributed by atoms with Crippen LogP contribution in [-0.4, -0.2) is 30.5 Å². The molecule has 1 aromatic rings. The Labute approximate surface area is 114 Å². The third kappa shape index (κ3) is 3.42. The van der Waals surface area contributed by atoms with E-state index in [1.807, 2.05) is 0 Å². The number of hydrogen-bond acceptors (Lipinski definition) is 5. The van der Waals surface area contributed by atoms with Crippen LogP contribution < -0.4 is 4.74 Å². The number of halogens is 1. The summed E-state index contributed by atoms with van der Waals surface area (Å²) in [4.78, 5) is 21.9. The van der Waals surface area contributed by atoms with Gasteiger partial charge in [0, 0.05) is 18.6 Å². The molecule has 19 heavy (non-hydrogen) atoms. The van der Waals surface area contributed by atoms with Crippen molar-refractivity contribution >= 4 is 23.1 Å². The lowest BCUT2D eigenvalue weighted by Crippen LogP contribution is -2.21. The van der Waals surface area contributed by atoms with Crippen molar-refractivity contribution in [2.45, 2.75) is 6.42 Å². The molecule has 0 radical (unpaired) electrons. The van der Waals surface area contributed by atoms with E-state index in [0.717, 1.165) is 0 Å². The molecule has 0 amide bonds. The molecule has 0 saturated carbocycles. The molecule has 102 valence electrons. The van der Waals surface area contributed by atoms with E-state index < -0.39 is 4.92 Å². The second kappa shape index (κ2) is 5.99. The van der Waals surface area contributed by atoms with Crippen molar-refractivity contribution in [3.63, 3.8) is 0 Å². The predicted octanol–water partition coefficient (Wildman–Crippen LogP) is 2.23. The SMILES string of the molecule is O=C(COc1cc([N+](=O)[O-])ccc1Cl)C1CCOC1. The number of carbonyl (C=O) groups excluding carboxylic acids is 1. The highest BCUT2D eigenvalue weighted by molar-refractivity contribution is 6.32. The highest BCUT2D eigenvalue weighted by Crippen LogP contribution is 2.29. The number of ether oxygens (including phenoxy) is 2. The summed E-state index contributed by atoms with van der Waals surface area (Å²) in [5, 5.41) is 10.9. The Morgan fingerprint density at radius 1 is 1.58 bits per heavy atom. The van der Waals surface area contributed by atoms with Crippen LogP contribution in [0.4, 0.5) is 5.69 Å². The molecule has 0 N–H and O–H groups in total. The van der Waals surface area contributed by atoms with Crippen molar-refractivity contribution < 1.29 is 19.2 Å². The van der Waals surface area contributed by atoms with Crippen molar-refractivity contribution in [3.05, 3.63) is 33.3 Å². The van der Waals surface area contributed by atoms with Gasteiger partial charge in [0.15, 0.2) is 5.78 Å². The number of nitro groups is 1. The maximum absolute atomic E-state index is 11.8. The van der Waals surface area contributed by atoms with Crippen LogP contribution in [0, 0.1) is 16.0 Å². The van der Waals surface area contributed by atoms with Gasteiger partial charge in [-0.1, -0.05) is 11.6 Å². The normalized spacial score (nSPS) is 18.3. The van der Waals surface area contributed by atoms with E-state index >= 15 is 0 Å². The molecule has 1 aliphatic rings. The molecule has 1 unspecified atom stereocenters. The zero-order valence-corrected chi connectivity index (χ0v) is 10.8. The largest absolute Gasteiger partial charge is 0.484 e. The molecule has 1 fully saturated rings. The summed E-state index contributed by atoms with van der Waals surface area (Å²) in [7, 11) is 0. The second-order valence-electron chi connectivity index (χ2n) is 4.19. The van der Waals surface area contributed by atoms with Crippen LogP contribution in [0.5, 0.6) is 5.75 Å². The van der Waals surface area contributed by atoms with Gasteiger partial charge in [0.2, 0.25) is 0 Å². The van der Waals surface area contributed by atoms with Crippen LogP contribution >= 0.6 is 11.6 Å². The van der Waals surface area contributed by atoms with E-state index in [-0.39, 0.29) is 34.8 Å². The molecule has 0 bridgehead atoms. The Morgan fingerprint density at radius 3 is 3.00 bits per heavy atom. The Bertz CT molecular complexity index is 499. The Kier molecular flexibility index (Phi) is 4.34. The van der Waals surface area contributed by atoms with Gasteiger partial charge in [-0.2, -0.15) is 0 Å². The third-order valence-electron chi connectivity index (χ3n) is 2.88. The van der Waals surface area contributed by atoms with E-state index in [0.29, 0.717) is 19.6 Å². The fourth-order valence-corrected chi connectivity index (χ4v) is 1.94. The van der Waals surface area contributed by atoms with Gasteiger partial charge in [-0.15, -0.1) is 0 Å². The van der Waals surface area contributed by atoms with Gasteiger partial charge in [-0.3, -0.25) is 14.9 Å². The van der Waals surface area contributed by atoms with E-state index in [1.165, 1.54) is 18.2 Å². The maximum atomic E-state index is 11.8. The summed E-state index contributed by atoms with van der Waals surface area (Å²) in [5.74, 6) is -0.0966. The highest BCUT2D eigenvalue weighted by Gasteiger charge is 2.24. The first-order chi connectivity index (χ1) is 9.08. The average molecular weight is 286 g/mol. The maximum Gasteiger partial charge on any atom is 0.273 e. The molecule has 1 heterocycles. The molecule has 6 nitrogen and oxygen atoms in total. The smallest absolute Gasteiger partial charge is 0.273 e. The Balaban J connectivity index is 2.00. The highest BCUT2D eigenvalue weighted by atomic mass is 35.5. The first-order valence-corrected chi connectivity index (χ1v) is 6.13. The molecule has 1 aromatic carbocycles. The van der Waals surface area contributed by atoms with Gasteiger partial charge in [0.05, 0.1) is 22.6 Å². The van der Waals surface area contributed by atoms with Crippen LogP contribution in [0.15, 0.2) is 18.2 Å². The summed E-state index contributed by atoms with van der Waals surface area (Å²) < 4.78 is 10.4. The number of rotatable bonds is 5. The van der Waals surface area contributed by atoms with E-state index in [9.17, 15) is 14.9 Å². The third-order valence-corrected chi connectivity index (χ3v) is 3.19. The molecule has 0 aliphatic carbocycles. The molecule has 0 aromatic heterocycles. The zero-order valence-electron chi connectivity index (χ0n) is 10.0. The number of benzene rings is 1. The number of non-ortho nitro benzene ring substituents is 1. The van der Waals surface area contributed by atoms with Crippen LogP contribution in [0.25, 0.3) is 0 Å². The number of Topliss-reactive ketones (excluding diaryl/α,β-unsaturated/α-hetero) is 1. The van der Waals surface area contributed by atoms with E-state index in [1.54, 1.807) is 0 Å². The van der Waals surface area contributed by atoms with Gasteiger partial charge in [0.25, 0.3) is 5.69 Å². The van der Waals surface area contributed by atoms with Gasteiger partial charge in [-0.25, -0.2) is 0 Å². The van der Waals surface area contributed by atoms with Gasteiger partial charge >= 0.3 is 0 Å². The average Bonchev–Trinajstić information content (AvgIpc) is 2.91. The standard InChI is InChI=1S/C12H12ClNO5/c13-10-2-1-9(14(16)17)5-12(10)19-7-11(15)8-3-4-18-6-8/h1-2,5,8H,3-4,6-7H2. The number of nitro benzene ring substituents is 1. The van der Waals surface area contributed by atoms with Crippen LogP contribution in [0.3, 0.4) is 0 Å². The quantitative estimate of drug-likeness (QED) is 0.612. The minimum atomic E-state index is -0.546. The number of ketones is 1. The monoisotopic (exact) mass is 285 g/mol. The Morgan fingerprint density at radius 2 is 2.37 bits per heavy atom. The second-order valence-corrected chi connectivity index (χ2v) is 4.59. The lowest BCUT2D eigenvalue weighted by Gasteiger charge is -2.09. The number of carbonyl (C=O) groups is 1. The lowest BCUT2D eigenvalue weighted by molar-refractivity contribution is -0.384. The molecule has 1 aliphatic heterocycles. The summed E-state index contributed by atoms with van der Waals surface area (Å²) in [6, 6.07) is 3.86. The number of nitrogens with zero attached hydrogens (tertiary/aromatic N) is 1. The minimum absolute atomic E-state index is 0.0833. The first kappa shape index (κ1) is 13.8. The molecule has 2 rings (SSSR count). The van der Waals surface area contributed by atoms with Gasteiger partial charge < -0.3 is 9.47 Å². The van der Waals surface area contributed by atoms with Crippen LogP contribution in [0.2, 0.25) is 5.02 Å². The van der Waals surface area contributed by atoms with Crippen LogP contribution in [0.1, 0.15) is 6.42 Å². The minimum Gasteiger partial charge on any atom is -0.484 e. The molecule has 1 saturated heterocycles. The molecule has 0 spiro atoms. The van der Waals surface area contributed by atoms with Crippen molar-refractivity contribution in [1.29, 1.82) is 0 Å². The molecule has 1 atom stereocenters. The summed E-state index contributed by atoms with van der Waals surface area (Å²) >= 11 is 5.86. The predicted molar refractivity (Wildman–Crippen MR) is 67.5 cm³/mol. The summed E-state index contributed by atoms with van der Waals surface area (Å²) in [6.07, 6.45) is 0.685. The fourth-order valence-electron chi connectivity index (χ4n) is 1.77. The molecular weight excluding hydrogens is 274 g/mol. The van der Waals surface area contributed by atoms with Crippen molar-refractivity contribution in [2.24, 2.45) is 5.92 Å². The summed E-state index contributed by atoms with van der Waals surface area (Å²) in [5.41, 5.74) is -0.129. The Hall–Kier alpha value is -1.66. The van der Waals surface area contributed by atoms with Crippen LogP contribution in [-0.2, 0) is 9.53 Å². The number of hydrogen-bond donors (Lipinski definition) is 0. The topological polar surface area (TPSA) is 78.7 Å². The molecule has 7 heteroatoms. The van der Waals surface area contributed by atoms with Gasteiger partial charge in [0.1, 0.15) is 12.4 Å². The van der Waals surface area contributed by atoms with Crippen molar-refractivity contribution in [1.82, 2.24) is 0 Å². The summed E-state index contributed by atoms with van der Waals surface area (Å²) in [6.45, 7) is 0.827. The first-order valence-electron chi connectivity index (χ1n) is 5.75. The fraction of sp³-hybridized carbons (Fsp3) is 0.417. The lowest BCUT2D eigenvalue weighted by atomic mass is 10.0.